The topological polar surface area (TPSA) is 45.6 Å². The molecule has 146 valence electrons. The molecule has 1 amide bonds. The Kier molecular flexibility index (Phi) is 3.82. The Bertz CT molecular complexity index is 1030. The summed E-state index contributed by atoms with van der Waals surface area (Å²) in [5.74, 6) is 0.186. The maximum absolute atomic E-state index is 13.2. The molecule has 0 spiro atoms. The van der Waals surface area contributed by atoms with Gasteiger partial charge >= 0.3 is 0 Å². The number of hydrogen-bond donors (Lipinski definition) is 0. The van der Waals surface area contributed by atoms with Crippen molar-refractivity contribution in [3.05, 3.63) is 41.6 Å². The highest BCUT2D eigenvalue weighted by molar-refractivity contribution is 6.03. The van der Waals surface area contributed by atoms with Gasteiger partial charge in [0.15, 0.2) is 0 Å². The van der Waals surface area contributed by atoms with Crippen LogP contribution in [0.4, 0.5) is 0 Å². The van der Waals surface area contributed by atoms with Gasteiger partial charge in [-0.15, -0.1) is 0 Å². The summed E-state index contributed by atoms with van der Waals surface area (Å²) >= 11 is 0. The predicted molar refractivity (Wildman–Crippen MR) is 110 cm³/mol. The minimum atomic E-state index is -0.104. The number of nitrogens with zero attached hydrogens (tertiary/aromatic N) is 3. The predicted octanol–water partition coefficient (Wildman–Crippen LogP) is 3.18. The van der Waals surface area contributed by atoms with Crippen LogP contribution in [0.15, 0.2) is 30.5 Å². The van der Waals surface area contributed by atoms with Crippen LogP contribution in [-0.4, -0.2) is 57.9 Å². The lowest BCUT2D eigenvalue weighted by molar-refractivity contribution is -0.146. The van der Waals surface area contributed by atoms with Crippen LogP contribution in [0.5, 0.6) is 0 Å². The van der Waals surface area contributed by atoms with Gasteiger partial charge in [-0.05, 0) is 56.5 Å². The second-order valence-corrected chi connectivity index (χ2v) is 8.81. The molecule has 5 nitrogen and oxygen atoms in total. The molecule has 2 aliphatic heterocycles. The van der Waals surface area contributed by atoms with E-state index in [0.717, 1.165) is 24.9 Å². The molecule has 4 atom stereocenters. The molecule has 28 heavy (non-hydrogen) atoms. The summed E-state index contributed by atoms with van der Waals surface area (Å²) in [5.41, 5.74) is 4.62. The standard InChI is InChI=1S/C23H27N3O2/c1-13-8-14(2)26(13)23(28)17-9-19-18-6-5-7-20-22(18)16(12-25(20)15(3)27)10-21(19)24(4)11-17/h5-7,9,12-14,17,21H,8,10-11H2,1-4H3/t13-,14-,17+,21+/m0/s1. The molecule has 1 aromatic carbocycles. The fraction of sp³-hybridized carbons (Fsp3) is 0.478. The minimum absolute atomic E-state index is 0.0365. The number of carbonyl (C=O) groups is 2. The molecular weight excluding hydrogens is 350 g/mol. The van der Waals surface area contributed by atoms with Crippen LogP contribution in [-0.2, 0) is 11.2 Å². The summed E-state index contributed by atoms with van der Waals surface area (Å²) in [6.45, 7) is 6.63. The Morgan fingerprint density at radius 1 is 1.14 bits per heavy atom. The molecule has 0 saturated carbocycles. The number of benzene rings is 1. The zero-order chi connectivity index (χ0) is 19.7. The Hall–Kier alpha value is -2.40. The first-order valence-corrected chi connectivity index (χ1v) is 10.2. The van der Waals surface area contributed by atoms with Crippen LogP contribution in [0.1, 0.15) is 43.1 Å². The zero-order valence-corrected chi connectivity index (χ0v) is 17.0. The van der Waals surface area contributed by atoms with Crippen molar-refractivity contribution in [2.45, 2.75) is 51.7 Å². The smallest absolute Gasteiger partial charge is 0.231 e. The average molecular weight is 377 g/mol. The third-order valence-electron chi connectivity index (χ3n) is 6.93. The third kappa shape index (κ3) is 2.35. The highest BCUT2D eigenvalue weighted by Crippen LogP contribution is 2.42. The third-order valence-corrected chi connectivity index (χ3v) is 6.93. The average Bonchev–Trinajstić information content (AvgIpc) is 3.02. The van der Waals surface area contributed by atoms with Gasteiger partial charge in [0, 0.05) is 43.2 Å². The highest BCUT2D eigenvalue weighted by atomic mass is 16.2. The van der Waals surface area contributed by atoms with E-state index in [-0.39, 0.29) is 23.8 Å². The SMILES string of the molecule is CC(=O)n1cc2c3c(cccc31)C1=C[C@@H](C(=O)N3[C@@H](C)C[C@@H]3C)CN(C)[C@@H]1C2. The van der Waals surface area contributed by atoms with Crippen molar-refractivity contribution in [1.29, 1.82) is 0 Å². The molecule has 0 radical (unpaired) electrons. The Morgan fingerprint density at radius 3 is 2.57 bits per heavy atom. The molecule has 0 bridgehead atoms. The summed E-state index contributed by atoms with van der Waals surface area (Å²) in [4.78, 5) is 29.7. The van der Waals surface area contributed by atoms with Crippen LogP contribution in [0.2, 0.25) is 0 Å². The number of rotatable bonds is 1. The second kappa shape index (κ2) is 6.05. The number of likely N-dealkylation sites (tertiary alicyclic amines) is 1. The van der Waals surface area contributed by atoms with E-state index in [4.69, 9.17) is 0 Å². The molecule has 5 heteroatoms. The van der Waals surface area contributed by atoms with Gasteiger partial charge in [-0.2, -0.15) is 0 Å². The van der Waals surface area contributed by atoms with Crippen molar-refractivity contribution in [3.8, 4) is 0 Å². The van der Waals surface area contributed by atoms with E-state index in [1.807, 2.05) is 18.3 Å². The molecule has 1 aliphatic carbocycles. The van der Waals surface area contributed by atoms with E-state index in [1.165, 1.54) is 22.1 Å². The molecule has 3 heterocycles. The van der Waals surface area contributed by atoms with Crippen molar-refractivity contribution in [2.75, 3.05) is 13.6 Å². The fourth-order valence-electron chi connectivity index (χ4n) is 5.62. The lowest BCUT2D eigenvalue weighted by Gasteiger charge is -2.48. The number of carbonyl (C=O) groups excluding carboxylic acids is 2. The van der Waals surface area contributed by atoms with Crippen LogP contribution in [0, 0.1) is 5.92 Å². The highest BCUT2D eigenvalue weighted by Gasteiger charge is 2.42. The van der Waals surface area contributed by atoms with Gasteiger partial charge in [0.05, 0.1) is 11.4 Å². The van der Waals surface area contributed by atoms with Gasteiger partial charge in [0.25, 0.3) is 0 Å². The van der Waals surface area contributed by atoms with Crippen molar-refractivity contribution in [1.82, 2.24) is 14.4 Å². The van der Waals surface area contributed by atoms with Crippen LogP contribution < -0.4 is 0 Å². The zero-order valence-electron chi connectivity index (χ0n) is 17.0. The van der Waals surface area contributed by atoms with Gasteiger partial charge in [-0.3, -0.25) is 19.1 Å². The lowest BCUT2D eigenvalue weighted by Crippen LogP contribution is -2.59. The molecule has 1 aromatic heterocycles. The molecule has 3 aliphatic rings. The largest absolute Gasteiger partial charge is 0.337 e. The van der Waals surface area contributed by atoms with Gasteiger partial charge in [0.1, 0.15) is 0 Å². The summed E-state index contributed by atoms with van der Waals surface area (Å²) in [7, 11) is 2.12. The van der Waals surface area contributed by atoms with E-state index in [1.54, 1.807) is 11.5 Å². The van der Waals surface area contributed by atoms with Gasteiger partial charge in [-0.1, -0.05) is 18.2 Å². The van der Waals surface area contributed by atoms with Crippen molar-refractivity contribution in [2.24, 2.45) is 5.92 Å². The van der Waals surface area contributed by atoms with E-state index in [0.29, 0.717) is 12.1 Å². The van der Waals surface area contributed by atoms with E-state index in [2.05, 4.69) is 42.8 Å². The van der Waals surface area contributed by atoms with Gasteiger partial charge in [0.2, 0.25) is 11.8 Å². The van der Waals surface area contributed by atoms with Crippen molar-refractivity contribution >= 4 is 28.3 Å². The first-order valence-electron chi connectivity index (χ1n) is 10.2. The summed E-state index contributed by atoms with van der Waals surface area (Å²) < 4.78 is 1.76. The Morgan fingerprint density at radius 2 is 1.89 bits per heavy atom. The van der Waals surface area contributed by atoms with Crippen molar-refractivity contribution in [3.63, 3.8) is 0 Å². The van der Waals surface area contributed by atoms with E-state index < -0.39 is 0 Å². The second-order valence-electron chi connectivity index (χ2n) is 8.81. The fourth-order valence-corrected chi connectivity index (χ4v) is 5.62. The normalized spacial score (nSPS) is 29.3. The number of aromatic nitrogens is 1. The minimum Gasteiger partial charge on any atom is -0.337 e. The summed E-state index contributed by atoms with van der Waals surface area (Å²) in [6.07, 6.45) is 6.19. The summed E-state index contributed by atoms with van der Waals surface area (Å²) in [6, 6.07) is 7.13. The monoisotopic (exact) mass is 377 g/mol. The number of hydrogen-bond acceptors (Lipinski definition) is 3. The molecule has 1 saturated heterocycles. The van der Waals surface area contributed by atoms with E-state index in [9.17, 15) is 9.59 Å². The van der Waals surface area contributed by atoms with Gasteiger partial charge in [-0.25, -0.2) is 0 Å². The first kappa shape index (κ1) is 17.7. The molecule has 0 unspecified atom stereocenters. The van der Waals surface area contributed by atoms with Crippen LogP contribution >= 0.6 is 0 Å². The quantitative estimate of drug-likeness (QED) is 0.767. The molecular formula is C23H27N3O2. The maximum atomic E-state index is 13.2. The summed E-state index contributed by atoms with van der Waals surface area (Å²) in [5, 5.41) is 1.17. The number of amides is 1. The Labute approximate surface area is 165 Å². The molecule has 2 aromatic rings. The molecule has 0 N–H and O–H groups in total. The first-order chi connectivity index (χ1) is 13.4. The van der Waals surface area contributed by atoms with Crippen molar-refractivity contribution < 1.29 is 9.59 Å². The maximum Gasteiger partial charge on any atom is 0.231 e. The van der Waals surface area contributed by atoms with Gasteiger partial charge < -0.3 is 4.90 Å². The number of fused-ring (bicyclic) bond motifs is 2. The molecule has 5 rings (SSSR count). The van der Waals surface area contributed by atoms with E-state index >= 15 is 0 Å². The lowest BCUT2D eigenvalue weighted by atomic mass is 9.79. The Balaban J connectivity index is 1.61. The number of likely N-dealkylation sites (N-methyl/N-ethyl adjacent to an activating group) is 1. The van der Waals surface area contributed by atoms with Crippen LogP contribution in [0.25, 0.3) is 16.5 Å². The van der Waals surface area contributed by atoms with Crippen LogP contribution in [0.3, 0.4) is 0 Å². The molecule has 1 fully saturated rings.